The number of aromatic nitrogens is 2. The van der Waals surface area contributed by atoms with Gasteiger partial charge >= 0.3 is 0 Å². The number of aromatic amines is 1. The van der Waals surface area contributed by atoms with Gasteiger partial charge in [0, 0.05) is 17.7 Å². The molecule has 0 radical (unpaired) electrons. The lowest BCUT2D eigenvalue weighted by molar-refractivity contribution is 0.585. The molecule has 1 aromatic heterocycles. The van der Waals surface area contributed by atoms with Crippen LogP contribution in [0.2, 0.25) is 10.0 Å². The van der Waals surface area contributed by atoms with Crippen LogP contribution in [0.15, 0.2) is 18.2 Å². The van der Waals surface area contributed by atoms with E-state index < -0.39 is 0 Å². The third-order valence-corrected chi connectivity index (χ3v) is 4.88. The van der Waals surface area contributed by atoms with Crippen molar-refractivity contribution in [3.05, 3.63) is 39.8 Å². The maximum Gasteiger partial charge on any atom is 0.106 e. The molecule has 0 aliphatic carbocycles. The number of rotatable bonds is 9. The summed E-state index contributed by atoms with van der Waals surface area (Å²) in [7, 11) is 0. The quantitative estimate of drug-likeness (QED) is 0.484. The summed E-state index contributed by atoms with van der Waals surface area (Å²) < 4.78 is 0. The molecule has 0 spiro atoms. The van der Waals surface area contributed by atoms with E-state index in [1.807, 2.05) is 18.2 Å². The zero-order chi connectivity index (χ0) is 16.7. The number of imidazole rings is 1. The monoisotopic (exact) mass is 352 g/mol. The standard InChI is InChI=1S/C19H26Cl2N2/c1-3-4-5-6-7-8-9-10-18-22-14(2)19(23-18)15-11-12-16(20)17(21)13-15/h11-13H,3-10H2,1-2H3,(H,22,23). The second-order valence-electron chi connectivity index (χ2n) is 6.16. The van der Waals surface area contributed by atoms with E-state index in [0.29, 0.717) is 10.0 Å². The van der Waals surface area contributed by atoms with Crippen LogP contribution in [-0.2, 0) is 6.42 Å². The van der Waals surface area contributed by atoms with Crippen molar-refractivity contribution in [3.8, 4) is 11.3 Å². The average Bonchev–Trinajstić information content (AvgIpc) is 2.90. The third kappa shape index (κ3) is 5.54. The molecular formula is C19H26Cl2N2. The van der Waals surface area contributed by atoms with Gasteiger partial charge in [-0.25, -0.2) is 4.98 Å². The molecule has 23 heavy (non-hydrogen) atoms. The molecule has 0 saturated carbocycles. The molecule has 126 valence electrons. The van der Waals surface area contributed by atoms with Crippen LogP contribution in [0.4, 0.5) is 0 Å². The highest BCUT2D eigenvalue weighted by Gasteiger charge is 2.10. The summed E-state index contributed by atoms with van der Waals surface area (Å²) in [5, 5.41) is 1.15. The summed E-state index contributed by atoms with van der Waals surface area (Å²) in [6.45, 7) is 4.31. The largest absolute Gasteiger partial charge is 0.346 e. The van der Waals surface area contributed by atoms with Gasteiger partial charge in [-0.1, -0.05) is 74.7 Å². The Morgan fingerprint density at radius 3 is 2.35 bits per heavy atom. The molecule has 2 rings (SSSR count). The van der Waals surface area contributed by atoms with Crippen molar-refractivity contribution in [1.82, 2.24) is 9.97 Å². The number of nitrogens with one attached hydrogen (secondary N) is 1. The second kappa shape index (κ2) is 9.34. The van der Waals surface area contributed by atoms with Crippen molar-refractivity contribution in [2.24, 2.45) is 0 Å². The van der Waals surface area contributed by atoms with E-state index in [1.165, 1.54) is 44.9 Å². The van der Waals surface area contributed by atoms with Crippen LogP contribution in [0.5, 0.6) is 0 Å². The zero-order valence-corrected chi connectivity index (χ0v) is 15.6. The van der Waals surface area contributed by atoms with Gasteiger partial charge in [0.15, 0.2) is 0 Å². The number of aryl methyl sites for hydroxylation is 2. The van der Waals surface area contributed by atoms with Crippen molar-refractivity contribution in [2.45, 2.75) is 65.2 Å². The molecule has 0 aliphatic rings. The predicted octanol–water partition coefficient (Wildman–Crippen LogP) is 6.99. The van der Waals surface area contributed by atoms with E-state index in [0.717, 1.165) is 29.2 Å². The first-order chi connectivity index (χ1) is 11.1. The lowest BCUT2D eigenvalue weighted by Gasteiger charge is -2.01. The van der Waals surface area contributed by atoms with Gasteiger partial charge in [-0.15, -0.1) is 0 Å². The Bertz CT molecular complexity index is 620. The Morgan fingerprint density at radius 2 is 1.65 bits per heavy atom. The minimum Gasteiger partial charge on any atom is -0.346 e. The van der Waals surface area contributed by atoms with Crippen LogP contribution in [0.1, 0.15) is 63.4 Å². The summed E-state index contributed by atoms with van der Waals surface area (Å²) in [5.74, 6) is 1.07. The maximum atomic E-state index is 6.11. The second-order valence-corrected chi connectivity index (χ2v) is 6.97. The topological polar surface area (TPSA) is 28.7 Å². The number of H-pyrrole nitrogens is 1. The van der Waals surface area contributed by atoms with Gasteiger partial charge in [0.25, 0.3) is 0 Å². The number of halogens is 2. The molecule has 1 N–H and O–H groups in total. The average molecular weight is 353 g/mol. The third-order valence-electron chi connectivity index (χ3n) is 4.14. The summed E-state index contributed by atoms with van der Waals surface area (Å²) in [6.07, 6.45) is 10.2. The summed E-state index contributed by atoms with van der Waals surface area (Å²) in [5.41, 5.74) is 3.07. The highest BCUT2D eigenvalue weighted by Crippen LogP contribution is 2.29. The van der Waals surface area contributed by atoms with E-state index in [2.05, 4.69) is 18.8 Å². The Hall–Kier alpha value is -0.990. The van der Waals surface area contributed by atoms with E-state index in [4.69, 9.17) is 28.2 Å². The SMILES string of the molecule is CCCCCCCCCc1nc(-c2ccc(Cl)c(Cl)c2)c(C)[nH]1. The minimum atomic E-state index is 0.570. The summed E-state index contributed by atoms with van der Waals surface area (Å²) >= 11 is 12.1. The van der Waals surface area contributed by atoms with E-state index in [9.17, 15) is 0 Å². The highest BCUT2D eigenvalue weighted by molar-refractivity contribution is 6.42. The number of unbranched alkanes of at least 4 members (excludes halogenated alkanes) is 6. The van der Waals surface area contributed by atoms with E-state index >= 15 is 0 Å². The van der Waals surface area contributed by atoms with Crippen molar-refractivity contribution in [3.63, 3.8) is 0 Å². The molecule has 0 unspecified atom stereocenters. The molecule has 1 heterocycles. The minimum absolute atomic E-state index is 0.570. The van der Waals surface area contributed by atoms with Gasteiger partial charge in [0.1, 0.15) is 5.82 Å². The van der Waals surface area contributed by atoms with E-state index in [-0.39, 0.29) is 0 Å². The van der Waals surface area contributed by atoms with Gasteiger partial charge in [-0.05, 0) is 25.5 Å². The molecule has 2 nitrogen and oxygen atoms in total. The van der Waals surface area contributed by atoms with Crippen LogP contribution >= 0.6 is 23.2 Å². The molecule has 1 aromatic carbocycles. The van der Waals surface area contributed by atoms with Gasteiger partial charge in [0.2, 0.25) is 0 Å². The Morgan fingerprint density at radius 1 is 0.957 bits per heavy atom. The van der Waals surface area contributed by atoms with Gasteiger partial charge in [-0.2, -0.15) is 0 Å². The molecule has 4 heteroatoms. The van der Waals surface area contributed by atoms with E-state index in [1.54, 1.807) is 0 Å². The first-order valence-electron chi connectivity index (χ1n) is 8.62. The number of benzene rings is 1. The van der Waals surface area contributed by atoms with Crippen LogP contribution in [-0.4, -0.2) is 9.97 Å². The molecule has 2 aromatic rings. The van der Waals surface area contributed by atoms with Crippen LogP contribution in [0.3, 0.4) is 0 Å². The van der Waals surface area contributed by atoms with Crippen LogP contribution < -0.4 is 0 Å². The highest BCUT2D eigenvalue weighted by atomic mass is 35.5. The molecule has 0 bridgehead atoms. The summed E-state index contributed by atoms with van der Waals surface area (Å²) in [6, 6.07) is 5.67. The lowest BCUT2D eigenvalue weighted by atomic mass is 10.1. The number of hydrogen-bond acceptors (Lipinski definition) is 1. The fourth-order valence-electron chi connectivity index (χ4n) is 2.81. The number of nitrogens with zero attached hydrogens (tertiary/aromatic N) is 1. The molecule has 0 saturated heterocycles. The lowest BCUT2D eigenvalue weighted by Crippen LogP contribution is -1.89. The van der Waals surface area contributed by atoms with Gasteiger partial charge in [0.05, 0.1) is 15.7 Å². The molecule has 0 aliphatic heterocycles. The maximum absolute atomic E-state index is 6.11. The van der Waals surface area contributed by atoms with Gasteiger partial charge < -0.3 is 4.98 Å². The van der Waals surface area contributed by atoms with Crippen molar-refractivity contribution >= 4 is 23.2 Å². The molecule has 0 atom stereocenters. The number of hydrogen-bond donors (Lipinski definition) is 1. The first kappa shape index (κ1) is 18.4. The smallest absolute Gasteiger partial charge is 0.106 e. The van der Waals surface area contributed by atoms with Crippen molar-refractivity contribution in [2.75, 3.05) is 0 Å². The fraction of sp³-hybridized carbons (Fsp3) is 0.526. The first-order valence-corrected chi connectivity index (χ1v) is 9.38. The zero-order valence-electron chi connectivity index (χ0n) is 14.1. The molecular weight excluding hydrogens is 327 g/mol. The molecule has 0 fully saturated rings. The Balaban J connectivity index is 1.87. The normalized spacial score (nSPS) is 11.1. The Kier molecular flexibility index (Phi) is 7.45. The van der Waals surface area contributed by atoms with Crippen molar-refractivity contribution in [1.29, 1.82) is 0 Å². The fourth-order valence-corrected chi connectivity index (χ4v) is 3.11. The van der Waals surface area contributed by atoms with Crippen LogP contribution in [0.25, 0.3) is 11.3 Å². The molecule has 0 amide bonds. The Labute approximate surface area is 149 Å². The van der Waals surface area contributed by atoms with Crippen LogP contribution in [0, 0.1) is 6.92 Å². The predicted molar refractivity (Wildman–Crippen MR) is 100 cm³/mol. The summed E-state index contributed by atoms with van der Waals surface area (Å²) in [4.78, 5) is 8.14. The van der Waals surface area contributed by atoms with Gasteiger partial charge in [-0.3, -0.25) is 0 Å². The van der Waals surface area contributed by atoms with Crippen molar-refractivity contribution < 1.29 is 0 Å².